The zero-order valence-corrected chi connectivity index (χ0v) is 22.4. The lowest BCUT2D eigenvalue weighted by molar-refractivity contribution is 0.513. The van der Waals surface area contributed by atoms with E-state index in [9.17, 15) is 0 Å². The minimum atomic E-state index is 0.347. The smallest absolute Gasteiger partial charge is 0.0201 e. The first kappa shape index (κ1) is 29.5. The lowest BCUT2D eigenvalue weighted by atomic mass is 10.0. The maximum atomic E-state index is 3.74. The van der Waals surface area contributed by atoms with Crippen molar-refractivity contribution in [1.82, 2.24) is 0 Å². The van der Waals surface area contributed by atoms with Crippen LogP contribution in [-0.4, -0.2) is 4.32 Å². The Bertz CT molecular complexity index is 291. The van der Waals surface area contributed by atoms with Gasteiger partial charge in [0.15, 0.2) is 0 Å². The molecule has 0 heterocycles. The fourth-order valence-electron chi connectivity index (χ4n) is 4.33. The maximum absolute atomic E-state index is 3.74. The molecule has 0 amide bonds. The van der Waals surface area contributed by atoms with Gasteiger partial charge in [-0.05, 0) is 6.42 Å². The summed E-state index contributed by atoms with van der Waals surface area (Å²) >= 11 is 3.74. The van der Waals surface area contributed by atoms with Gasteiger partial charge in [-0.2, -0.15) is 0 Å². The highest BCUT2D eigenvalue weighted by molar-refractivity contribution is 9.10. The van der Waals surface area contributed by atoms with Crippen molar-refractivity contribution in [3.8, 4) is 0 Å². The summed E-state index contributed by atoms with van der Waals surface area (Å²) in [5, 5.41) is 0. The second kappa shape index (κ2) is 23.1. The number of hydrogen-bond donors (Lipinski definition) is 0. The Morgan fingerprint density at radius 3 is 0.793 bits per heavy atom. The van der Waals surface area contributed by atoms with Gasteiger partial charge >= 0.3 is 0 Å². The first-order chi connectivity index (χ1) is 14.1. The summed E-state index contributed by atoms with van der Waals surface area (Å²) in [7, 11) is 0. The van der Waals surface area contributed by atoms with Crippen LogP contribution < -0.4 is 0 Å². The number of hydrogen-bond acceptors (Lipinski definition) is 0. The van der Waals surface area contributed by atoms with Crippen molar-refractivity contribution >= 4 is 15.9 Å². The van der Waals surface area contributed by atoms with Crippen molar-refractivity contribution in [3.63, 3.8) is 0 Å². The Kier molecular flexibility index (Phi) is 23.5. The molecule has 0 saturated heterocycles. The average Bonchev–Trinajstić information content (AvgIpc) is 2.67. The topological polar surface area (TPSA) is 0 Å². The van der Waals surface area contributed by atoms with Crippen molar-refractivity contribution in [3.05, 3.63) is 0 Å². The standard InChI is InChI=1S/C28H57Br/c1-4-5-6-7-8-9-10-11-12-13-14-15-16-17-18-19-20-21-22-23-24-25-26-27-28(2,3)29/h4-27H2,1-3H3. The Morgan fingerprint density at radius 2 is 0.586 bits per heavy atom. The third kappa shape index (κ3) is 28.5. The largest absolute Gasteiger partial charge is 0.0859 e. The number of halogens is 1. The number of alkyl halides is 1. The van der Waals surface area contributed by atoms with E-state index in [4.69, 9.17) is 0 Å². The van der Waals surface area contributed by atoms with Crippen LogP contribution in [0.15, 0.2) is 0 Å². The quantitative estimate of drug-likeness (QED) is 0.0965. The Hall–Kier alpha value is 0.480. The molecule has 0 bridgehead atoms. The van der Waals surface area contributed by atoms with E-state index in [0.29, 0.717) is 4.32 Å². The van der Waals surface area contributed by atoms with E-state index in [1.54, 1.807) is 0 Å². The van der Waals surface area contributed by atoms with Crippen LogP contribution in [0.4, 0.5) is 0 Å². The van der Waals surface area contributed by atoms with Gasteiger partial charge in [-0.25, -0.2) is 0 Å². The molecule has 0 rings (SSSR count). The van der Waals surface area contributed by atoms with Gasteiger partial charge in [0.1, 0.15) is 0 Å². The second-order valence-corrected chi connectivity index (χ2v) is 12.4. The van der Waals surface area contributed by atoms with Gasteiger partial charge in [0, 0.05) is 4.32 Å². The molecule has 0 aromatic heterocycles. The summed E-state index contributed by atoms with van der Waals surface area (Å²) in [5.74, 6) is 0. The molecule has 0 aromatic rings. The van der Waals surface area contributed by atoms with Crippen LogP contribution in [0.1, 0.15) is 175 Å². The summed E-state index contributed by atoms with van der Waals surface area (Å²) in [6.45, 7) is 6.87. The molecule has 0 unspecified atom stereocenters. The molecule has 29 heavy (non-hydrogen) atoms. The van der Waals surface area contributed by atoms with E-state index in [0.717, 1.165) is 0 Å². The molecule has 0 aromatic carbocycles. The van der Waals surface area contributed by atoms with Gasteiger partial charge in [0.05, 0.1) is 0 Å². The highest BCUT2D eigenvalue weighted by Gasteiger charge is 2.10. The zero-order valence-electron chi connectivity index (χ0n) is 20.8. The SMILES string of the molecule is CCCCCCCCCCCCCCCCCCCCCCCCCC(C)(C)Br. The fraction of sp³-hybridized carbons (Fsp3) is 1.00. The van der Waals surface area contributed by atoms with E-state index >= 15 is 0 Å². The average molecular weight is 474 g/mol. The molecule has 176 valence electrons. The van der Waals surface area contributed by atoms with Gasteiger partial charge in [0.25, 0.3) is 0 Å². The van der Waals surface area contributed by atoms with Gasteiger partial charge in [0.2, 0.25) is 0 Å². The minimum absolute atomic E-state index is 0.347. The molecule has 0 aliphatic rings. The van der Waals surface area contributed by atoms with Gasteiger partial charge in [-0.3, -0.25) is 0 Å². The number of rotatable bonds is 24. The molecule has 0 saturated carbocycles. The second-order valence-electron chi connectivity index (χ2n) is 10.2. The molecule has 0 atom stereocenters. The molecular weight excluding hydrogens is 416 g/mol. The first-order valence-electron chi connectivity index (χ1n) is 13.7. The molecule has 0 nitrogen and oxygen atoms in total. The van der Waals surface area contributed by atoms with Crippen LogP contribution in [0.5, 0.6) is 0 Å². The molecule has 0 spiro atoms. The summed E-state index contributed by atoms with van der Waals surface area (Å²) in [4.78, 5) is 0. The van der Waals surface area contributed by atoms with Crippen LogP contribution in [0.3, 0.4) is 0 Å². The summed E-state index contributed by atoms with van der Waals surface area (Å²) in [6.07, 6.45) is 35.0. The third-order valence-electron chi connectivity index (χ3n) is 6.37. The van der Waals surface area contributed by atoms with Crippen LogP contribution in [-0.2, 0) is 0 Å². The summed E-state index contributed by atoms with van der Waals surface area (Å²) < 4.78 is 0.347. The van der Waals surface area contributed by atoms with E-state index in [2.05, 4.69) is 36.7 Å². The van der Waals surface area contributed by atoms with Crippen LogP contribution in [0.25, 0.3) is 0 Å². The monoisotopic (exact) mass is 472 g/mol. The first-order valence-corrected chi connectivity index (χ1v) is 14.5. The fourth-order valence-corrected chi connectivity index (χ4v) is 4.61. The highest BCUT2D eigenvalue weighted by Crippen LogP contribution is 2.24. The predicted molar refractivity (Wildman–Crippen MR) is 139 cm³/mol. The molecule has 0 radical (unpaired) electrons. The summed E-state index contributed by atoms with van der Waals surface area (Å²) in [6, 6.07) is 0. The van der Waals surface area contributed by atoms with Gasteiger partial charge in [-0.1, -0.05) is 184 Å². The highest BCUT2D eigenvalue weighted by atomic mass is 79.9. The van der Waals surface area contributed by atoms with Crippen molar-refractivity contribution < 1.29 is 0 Å². The van der Waals surface area contributed by atoms with Crippen LogP contribution in [0.2, 0.25) is 0 Å². The zero-order chi connectivity index (χ0) is 21.5. The molecule has 0 fully saturated rings. The molecule has 0 aliphatic carbocycles. The van der Waals surface area contributed by atoms with Crippen molar-refractivity contribution in [2.45, 2.75) is 179 Å². The molecule has 0 N–H and O–H groups in total. The van der Waals surface area contributed by atoms with Gasteiger partial charge in [-0.15, -0.1) is 0 Å². The molecular formula is C28H57Br. The van der Waals surface area contributed by atoms with E-state index in [-0.39, 0.29) is 0 Å². The van der Waals surface area contributed by atoms with E-state index < -0.39 is 0 Å². The Labute approximate surface area is 194 Å². The third-order valence-corrected chi connectivity index (χ3v) is 6.77. The van der Waals surface area contributed by atoms with Gasteiger partial charge < -0.3 is 0 Å². The van der Waals surface area contributed by atoms with Crippen LogP contribution >= 0.6 is 15.9 Å². The van der Waals surface area contributed by atoms with Crippen molar-refractivity contribution in [2.75, 3.05) is 0 Å². The predicted octanol–water partition coefficient (Wildman–Crippen LogP) is 11.5. The van der Waals surface area contributed by atoms with Crippen LogP contribution in [0, 0.1) is 0 Å². The Morgan fingerprint density at radius 1 is 0.379 bits per heavy atom. The molecule has 1 heteroatoms. The Balaban J connectivity index is 3.02. The normalized spacial score (nSPS) is 12.0. The van der Waals surface area contributed by atoms with E-state index in [1.807, 2.05) is 0 Å². The molecule has 0 aliphatic heterocycles. The minimum Gasteiger partial charge on any atom is -0.0859 e. The maximum Gasteiger partial charge on any atom is 0.0201 e. The lowest BCUT2D eigenvalue weighted by Gasteiger charge is -2.15. The van der Waals surface area contributed by atoms with E-state index in [1.165, 1.54) is 154 Å². The lowest BCUT2D eigenvalue weighted by Crippen LogP contribution is -2.07. The number of unbranched alkanes of at least 4 members (excludes halogenated alkanes) is 22. The summed E-state index contributed by atoms with van der Waals surface area (Å²) in [5.41, 5.74) is 0. The van der Waals surface area contributed by atoms with Crippen molar-refractivity contribution in [2.24, 2.45) is 0 Å². The van der Waals surface area contributed by atoms with Crippen molar-refractivity contribution in [1.29, 1.82) is 0 Å².